The van der Waals surface area contributed by atoms with E-state index in [2.05, 4.69) is 28.1 Å². The number of hydrogen-bond donors (Lipinski definition) is 0. The van der Waals surface area contributed by atoms with Gasteiger partial charge < -0.3 is 9.64 Å². The van der Waals surface area contributed by atoms with E-state index >= 15 is 0 Å². The Balaban J connectivity index is 1.56. The summed E-state index contributed by atoms with van der Waals surface area (Å²) in [5.41, 5.74) is 1.59. The molecule has 160 valence electrons. The number of carbonyl (C=O) groups is 2. The monoisotopic (exact) mass is 488 g/mol. The maximum absolute atomic E-state index is 14.1. The maximum atomic E-state index is 14.1. The van der Waals surface area contributed by atoms with Crippen LogP contribution < -0.4 is 9.64 Å². The molecular weight excluding hydrogens is 468 g/mol. The molecule has 3 aliphatic rings. The number of carbonyl (C=O) groups excluding carboxylic acids is 2. The predicted molar refractivity (Wildman–Crippen MR) is 125 cm³/mol. The van der Waals surface area contributed by atoms with E-state index in [1.165, 1.54) is 4.90 Å². The average molecular weight is 489 g/mol. The number of urea groups is 1. The van der Waals surface area contributed by atoms with Gasteiger partial charge in [0.15, 0.2) is 0 Å². The first kappa shape index (κ1) is 19.6. The van der Waals surface area contributed by atoms with Gasteiger partial charge in [-0.2, -0.15) is 0 Å². The Hall–Kier alpha value is -3.12. The van der Waals surface area contributed by atoms with E-state index in [-0.39, 0.29) is 29.8 Å². The Kier molecular flexibility index (Phi) is 4.24. The highest BCUT2D eigenvalue weighted by atomic mass is 79.9. The van der Waals surface area contributed by atoms with Crippen molar-refractivity contribution in [1.82, 2.24) is 4.90 Å². The van der Waals surface area contributed by atoms with Crippen molar-refractivity contribution < 1.29 is 14.3 Å². The molecular formula is C26H21BrN2O3. The molecule has 0 N–H and O–H groups in total. The van der Waals surface area contributed by atoms with Gasteiger partial charge in [-0.3, -0.25) is 4.79 Å². The number of rotatable bonds is 2. The Bertz CT molecular complexity index is 1230. The minimum Gasteiger partial charge on any atom is -0.493 e. The zero-order valence-corrected chi connectivity index (χ0v) is 19.0. The van der Waals surface area contributed by atoms with Crippen LogP contribution in [0.3, 0.4) is 0 Å². The lowest BCUT2D eigenvalue weighted by Gasteiger charge is -2.34. The summed E-state index contributed by atoms with van der Waals surface area (Å²) < 4.78 is 7.02. The molecule has 32 heavy (non-hydrogen) atoms. The van der Waals surface area contributed by atoms with Gasteiger partial charge in [-0.25, -0.2) is 9.69 Å². The summed E-state index contributed by atoms with van der Waals surface area (Å²) in [6, 6.07) is 24.7. The third-order valence-corrected chi connectivity index (χ3v) is 7.69. The Labute approximate surface area is 194 Å². The lowest BCUT2D eigenvalue weighted by molar-refractivity contribution is -0.124. The molecule has 6 heteroatoms. The summed E-state index contributed by atoms with van der Waals surface area (Å²) in [6.45, 7) is 2.39. The summed E-state index contributed by atoms with van der Waals surface area (Å²) in [4.78, 5) is 31.1. The number of halogens is 1. The molecule has 3 aromatic carbocycles. The van der Waals surface area contributed by atoms with Gasteiger partial charge in [0.05, 0.1) is 18.3 Å². The molecule has 3 aromatic rings. The number of hydrogen-bond acceptors (Lipinski definition) is 3. The molecule has 5 nitrogen and oxygen atoms in total. The van der Waals surface area contributed by atoms with E-state index < -0.39 is 5.54 Å². The molecule has 3 aliphatic heterocycles. The standard InChI is InChI=1S/C26H21BrN2O3/c1-26-22(16-7-3-2-4-8-16)20-15-32-21-10-6-5-9-19(21)23(20)29(26)25(31)28(24(26)30)18-13-11-17(27)12-14-18/h2-14,20,22-23H,15H2,1H3/t20-,22-,23-,26-/m1/s1. The Morgan fingerprint density at radius 3 is 2.38 bits per heavy atom. The number of benzene rings is 3. The molecule has 0 bridgehead atoms. The zero-order chi connectivity index (χ0) is 22.0. The highest BCUT2D eigenvalue weighted by Crippen LogP contribution is 2.61. The molecule has 3 amide bonds. The van der Waals surface area contributed by atoms with Crippen LogP contribution in [0, 0.1) is 5.92 Å². The third kappa shape index (κ3) is 2.50. The summed E-state index contributed by atoms with van der Waals surface area (Å²) in [5.74, 6) is 0.397. The smallest absolute Gasteiger partial charge is 0.332 e. The van der Waals surface area contributed by atoms with Crippen LogP contribution in [-0.4, -0.2) is 29.0 Å². The summed E-state index contributed by atoms with van der Waals surface area (Å²) >= 11 is 3.43. The van der Waals surface area contributed by atoms with Crippen molar-refractivity contribution >= 4 is 33.6 Å². The number of para-hydroxylation sites is 1. The lowest BCUT2D eigenvalue weighted by atomic mass is 9.73. The van der Waals surface area contributed by atoms with Gasteiger partial charge in [0, 0.05) is 21.9 Å². The van der Waals surface area contributed by atoms with Gasteiger partial charge in [-0.05, 0) is 42.8 Å². The summed E-state index contributed by atoms with van der Waals surface area (Å²) in [5, 5.41) is 0. The van der Waals surface area contributed by atoms with Crippen LogP contribution >= 0.6 is 15.9 Å². The minimum absolute atomic E-state index is 0.0164. The largest absolute Gasteiger partial charge is 0.493 e. The number of fused-ring (bicyclic) bond motifs is 5. The second kappa shape index (κ2) is 6.94. The van der Waals surface area contributed by atoms with Gasteiger partial charge in [0.2, 0.25) is 0 Å². The van der Waals surface area contributed by atoms with Crippen LogP contribution in [0.5, 0.6) is 5.75 Å². The molecule has 0 radical (unpaired) electrons. The minimum atomic E-state index is -1.01. The molecule has 3 heterocycles. The van der Waals surface area contributed by atoms with E-state index in [0.717, 1.165) is 21.3 Å². The van der Waals surface area contributed by atoms with Gasteiger partial charge in [-0.15, -0.1) is 0 Å². The molecule has 6 rings (SSSR count). The Morgan fingerprint density at radius 2 is 1.62 bits per heavy atom. The predicted octanol–water partition coefficient (Wildman–Crippen LogP) is 5.52. The summed E-state index contributed by atoms with van der Waals surface area (Å²) in [6.07, 6.45) is 0. The molecule has 2 fully saturated rings. The van der Waals surface area contributed by atoms with Crippen LogP contribution in [-0.2, 0) is 4.79 Å². The van der Waals surface area contributed by atoms with Crippen molar-refractivity contribution in [2.45, 2.75) is 24.4 Å². The van der Waals surface area contributed by atoms with E-state index in [1.54, 1.807) is 12.1 Å². The lowest BCUT2D eigenvalue weighted by Crippen LogP contribution is -2.46. The van der Waals surface area contributed by atoms with Crippen molar-refractivity contribution in [1.29, 1.82) is 0 Å². The fraction of sp³-hybridized carbons (Fsp3) is 0.231. The number of nitrogens with zero attached hydrogens (tertiary/aromatic N) is 2. The number of anilines is 1. The SMILES string of the molecule is C[C@@]12C(=O)N(c3ccc(Br)cc3)C(=O)N1[C@@H]1c3ccccc3OC[C@@H]1[C@H]2c1ccccc1. The van der Waals surface area contributed by atoms with Crippen LogP contribution in [0.15, 0.2) is 83.3 Å². The van der Waals surface area contributed by atoms with Gasteiger partial charge in [0.1, 0.15) is 11.3 Å². The highest BCUT2D eigenvalue weighted by Gasteiger charge is 2.70. The normalized spacial score (nSPS) is 28.2. The first-order valence-electron chi connectivity index (χ1n) is 10.7. The number of ether oxygens (including phenoxy) is 1. The van der Waals surface area contributed by atoms with Gasteiger partial charge in [0.25, 0.3) is 5.91 Å². The molecule has 0 saturated carbocycles. The second-order valence-electron chi connectivity index (χ2n) is 8.76. The summed E-state index contributed by atoms with van der Waals surface area (Å²) in [7, 11) is 0. The first-order chi connectivity index (χ1) is 15.5. The molecule has 4 atom stereocenters. The van der Waals surface area contributed by atoms with E-state index in [1.807, 2.05) is 66.4 Å². The fourth-order valence-corrected chi connectivity index (χ4v) is 6.12. The van der Waals surface area contributed by atoms with Crippen LogP contribution in [0.1, 0.15) is 30.0 Å². The van der Waals surface area contributed by atoms with Crippen LogP contribution in [0.4, 0.5) is 10.5 Å². The average Bonchev–Trinajstić information content (AvgIpc) is 3.20. The molecule has 0 spiro atoms. The van der Waals surface area contributed by atoms with E-state index in [4.69, 9.17) is 4.74 Å². The van der Waals surface area contributed by atoms with Crippen molar-refractivity contribution in [3.05, 3.63) is 94.5 Å². The second-order valence-corrected chi connectivity index (χ2v) is 9.68. The molecule has 0 aromatic heterocycles. The van der Waals surface area contributed by atoms with Crippen molar-refractivity contribution in [3.63, 3.8) is 0 Å². The van der Waals surface area contributed by atoms with Gasteiger partial charge >= 0.3 is 6.03 Å². The van der Waals surface area contributed by atoms with Crippen molar-refractivity contribution in [2.75, 3.05) is 11.5 Å². The fourth-order valence-electron chi connectivity index (χ4n) is 5.85. The quantitative estimate of drug-likeness (QED) is 0.446. The molecule has 2 saturated heterocycles. The topological polar surface area (TPSA) is 49.9 Å². The number of amides is 3. The maximum Gasteiger partial charge on any atom is 0.332 e. The highest BCUT2D eigenvalue weighted by molar-refractivity contribution is 9.10. The van der Waals surface area contributed by atoms with E-state index in [9.17, 15) is 9.59 Å². The van der Waals surface area contributed by atoms with Gasteiger partial charge in [-0.1, -0.05) is 64.5 Å². The number of imide groups is 1. The van der Waals surface area contributed by atoms with Crippen LogP contribution in [0.2, 0.25) is 0 Å². The first-order valence-corrected chi connectivity index (χ1v) is 11.5. The molecule has 0 unspecified atom stereocenters. The van der Waals surface area contributed by atoms with Crippen LogP contribution in [0.25, 0.3) is 0 Å². The van der Waals surface area contributed by atoms with E-state index in [0.29, 0.717) is 12.3 Å². The van der Waals surface area contributed by atoms with Crippen molar-refractivity contribution in [2.24, 2.45) is 5.92 Å². The molecule has 0 aliphatic carbocycles. The van der Waals surface area contributed by atoms with Crippen molar-refractivity contribution in [3.8, 4) is 5.75 Å². The third-order valence-electron chi connectivity index (χ3n) is 7.16. The zero-order valence-electron chi connectivity index (χ0n) is 17.4. The Morgan fingerprint density at radius 1 is 0.938 bits per heavy atom.